The minimum absolute atomic E-state index is 0.0434. The lowest BCUT2D eigenvalue weighted by Crippen LogP contribution is -2.32. The summed E-state index contributed by atoms with van der Waals surface area (Å²) in [6, 6.07) is 16.4. The van der Waals surface area contributed by atoms with Crippen molar-refractivity contribution < 1.29 is 9.53 Å². The van der Waals surface area contributed by atoms with E-state index in [-0.39, 0.29) is 11.9 Å². The van der Waals surface area contributed by atoms with Crippen molar-refractivity contribution in [1.29, 1.82) is 5.26 Å². The summed E-state index contributed by atoms with van der Waals surface area (Å²) in [6.45, 7) is 0.593. The molecule has 4 heteroatoms. The molecule has 4 nitrogen and oxygen atoms in total. The van der Waals surface area contributed by atoms with Crippen molar-refractivity contribution in [3.05, 3.63) is 65.2 Å². The van der Waals surface area contributed by atoms with E-state index in [0.717, 1.165) is 17.7 Å². The first-order chi connectivity index (χ1) is 10.3. The van der Waals surface area contributed by atoms with Crippen LogP contribution in [0.5, 0.6) is 5.75 Å². The molecule has 1 unspecified atom stereocenters. The number of nitrogens with one attached hydrogen (secondary N) is 1. The number of fused-ring (bicyclic) bond motifs is 1. The summed E-state index contributed by atoms with van der Waals surface area (Å²) in [4.78, 5) is 12.3. The van der Waals surface area contributed by atoms with Gasteiger partial charge in [-0.05, 0) is 30.3 Å². The maximum atomic E-state index is 12.3. The average molecular weight is 278 g/mol. The molecule has 3 rings (SSSR count). The quantitative estimate of drug-likeness (QED) is 0.918. The summed E-state index contributed by atoms with van der Waals surface area (Å²) in [5.41, 5.74) is 2.10. The maximum absolute atomic E-state index is 12.3. The highest BCUT2D eigenvalue weighted by molar-refractivity contribution is 5.94. The first kappa shape index (κ1) is 13.2. The first-order valence-electron chi connectivity index (χ1n) is 6.80. The molecule has 0 radical (unpaired) electrons. The molecule has 1 amide bonds. The second-order valence-corrected chi connectivity index (χ2v) is 4.89. The van der Waals surface area contributed by atoms with Crippen LogP contribution in [-0.2, 0) is 0 Å². The zero-order valence-corrected chi connectivity index (χ0v) is 11.4. The van der Waals surface area contributed by atoms with Crippen molar-refractivity contribution in [2.24, 2.45) is 0 Å². The molecule has 0 fully saturated rings. The van der Waals surface area contributed by atoms with E-state index in [9.17, 15) is 4.79 Å². The Morgan fingerprint density at radius 2 is 1.95 bits per heavy atom. The molecule has 104 valence electrons. The van der Waals surface area contributed by atoms with Gasteiger partial charge in [0.25, 0.3) is 5.91 Å². The van der Waals surface area contributed by atoms with Crippen molar-refractivity contribution in [1.82, 2.24) is 5.32 Å². The number of carbonyl (C=O) groups excluding carboxylic acids is 1. The van der Waals surface area contributed by atoms with E-state index < -0.39 is 0 Å². The van der Waals surface area contributed by atoms with Crippen molar-refractivity contribution in [3.63, 3.8) is 0 Å². The number of carbonyl (C=O) groups is 1. The number of nitrogens with zero attached hydrogens (tertiary/aromatic N) is 1. The molecule has 2 aromatic rings. The van der Waals surface area contributed by atoms with Crippen LogP contribution in [0.3, 0.4) is 0 Å². The molecule has 1 heterocycles. The van der Waals surface area contributed by atoms with E-state index >= 15 is 0 Å². The average Bonchev–Trinajstić information content (AvgIpc) is 2.55. The van der Waals surface area contributed by atoms with Crippen LogP contribution < -0.4 is 10.1 Å². The maximum Gasteiger partial charge on any atom is 0.251 e. The van der Waals surface area contributed by atoms with Crippen LogP contribution in [0.4, 0.5) is 0 Å². The van der Waals surface area contributed by atoms with Gasteiger partial charge < -0.3 is 10.1 Å². The van der Waals surface area contributed by atoms with Crippen LogP contribution in [0.15, 0.2) is 48.5 Å². The summed E-state index contributed by atoms with van der Waals surface area (Å²) in [6.07, 6.45) is 0.749. The van der Waals surface area contributed by atoms with Gasteiger partial charge in [0, 0.05) is 17.5 Å². The Bertz CT molecular complexity index is 701. The van der Waals surface area contributed by atoms with E-state index in [2.05, 4.69) is 5.32 Å². The van der Waals surface area contributed by atoms with Gasteiger partial charge in [0.2, 0.25) is 0 Å². The van der Waals surface area contributed by atoms with Gasteiger partial charge in [-0.25, -0.2) is 0 Å². The lowest BCUT2D eigenvalue weighted by atomic mass is 10.00. The molecule has 0 saturated heterocycles. The van der Waals surface area contributed by atoms with E-state index in [1.165, 1.54) is 0 Å². The van der Waals surface area contributed by atoms with E-state index in [1.54, 1.807) is 24.3 Å². The normalized spacial score (nSPS) is 16.2. The Kier molecular flexibility index (Phi) is 3.57. The van der Waals surface area contributed by atoms with E-state index in [1.807, 2.05) is 30.3 Å². The summed E-state index contributed by atoms with van der Waals surface area (Å²) in [5, 5.41) is 11.8. The monoisotopic (exact) mass is 278 g/mol. The smallest absolute Gasteiger partial charge is 0.251 e. The van der Waals surface area contributed by atoms with Gasteiger partial charge in [-0.15, -0.1) is 0 Å². The molecule has 2 aromatic carbocycles. The third-order valence-corrected chi connectivity index (χ3v) is 3.54. The molecule has 0 saturated carbocycles. The summed E-state index contributed by atoms with van der Waals surface area (Å²) in [5.74, 6) is 0.690. The molecule has 1 aliphatic rings. The van der Waals surface area contributed by atoms with E-state index in [4.69, 9.17) is 10.00 Å². The largest absolute Gasteiger partial charge is 0.493 e. The molecule has 1 N–H and O–H groups in total. The Morgan fingerprint density at radius 3 is 2.71 bits per heavy atom. The summed E-state index contributed by atoms with van der Waals surface area (Å²) in [7, 11) is 0. The minimum atomic E-state index is -0.138. The fourth-order valence-electron chi connectivity index (χ4n) is 2.43. The highest BCUT2D eigenvalue weighted by atomic mass is 16.5. The molecule has 0 aromatic heterocycles. The van der Waals surface area contributed by atoms with Gasteiger partial charge in [-0.2, -0.15) is 5.26 Å². The van der Waals surface area contributed by atoms with E-state index in [0.29, 0.717) is 17.7 Å². The zero-order chi connectivity index (χ0) is 14.7. The number of hydrogen-bond donors (Lipinski definition) is 1. The number of rotatable bonds is 2. The molecule has 0 aliphatic carbocycles. The van der Waals surface area contributed by atoms with Gasteiger partial charge in [0.1, 0.15) is 5.75 Å². The molecule has 0 bridgehead atoms. The van der Waals surface area contributed by atoms with Crippen molar-refractivity contribution >= 4 is 5.91 Å². The topological polar surface area (TPSA) is 62.1 Å². The molecule has 1 atom stereocenters. The van der Waals surface area contributed by atoms with Gasteiger partial charge in [0.15, 0.2) is 0 Å². The Labute approximate surface area is 123 Å². The number of amides is 1. The Balaban J connectivity index is 1.78. The van der Waals surface area contributed by atoms with Gasteiger partial charge >= 0.3 is 0 Å². The van der Waals surface area contributed by atoms with Gasteiger partial charge in [0.05, 0.1) is 24.3 Å². The molecular formula is C17H14N2O2. The third-order valence-electron chi connectivity index (χ3n) is 3.54. The molecule has 1 aliphatic heterocycles. The van der Waals surface area contributed by atoms with Crippen LogP contribution in [0, 0.1) is 11.3 Å². The number of benzene rings is 2. The second kappa shape index (κ2) is 5.68. The number of nitriles is 1. The van der Waals surface area contributed by atoms with Crippen LogP contribution in [0.25, 0.3) is 0 Å². The number of ether oxygens (including phenoxy) is 1. The number of hydrogen-bond acceptors (Lipinski definition) is 3. The first-order valence-corrected chi connectivity index (χ1v) is 6.80. The van der Waals surface area contributed by atoms with Crippen molar-refractivity contribution in [2.45, 2.75) is 12.5 Å². The molecular weight excluding hydrogens is 264 g/mol. The summed E-state index contributed by atoms with van der Waals surface area (Å²) >= 11 is 0. The lowest BCUT2D eigenvalue weighted by Gasteiger charge is -2.26. The predicted molar refractivity (Wildman–Crippen MR) is 77.9 cm³/mol. The van der Waals surface area contributed by atoms with Gasteiger partial charge in [-0.3, -0.25) is 4.79 Å². The molecule has 0 spiro atoms. The highest BCUT2D eigenvalue weighted by Gasteiger charge is 2.22. The predicted octanol–water partition coefficient (Wildman–Crippen LogP) is 2.81. The van der Waals surface area contributed by atoms with Crippen LogP contribution in [0.2, 0.25) is 0 Å². The SMILES string of the molecule is N#Cc1ccc(C(=O)NC2CCOc3ccccc32)cc1. The standard InChI is InChI=1S/C17H14N2O2/c18-11-12-5-7-13(8-6-12)17(20)19-15-9-10-21-16-4-2-1-3-14(15)16/h1-8,15H,9-10H2,(H,19,20). The summed E-state index contributed by atoms with van der Waals surface area (Å²) < 4.78 is 5.58. The van der Waals surface area contributed by atoms with Crippen molar-refractivity contribution in [3.8, 4) is 11.8 Å². The molecule has 21 heavy (non-hydrogen) atoms. The Morgan fingerprint density at radius 1 is 1.19 bits per heavy atom. The van der Waals surface area contributed by atoms with Crippen LogP contribution in [0.1, 0.15) is 33.9 Å². The zero-order valence-electron chi connectivity index (χ0n) is 11.4. The lowest BCUT2D eigenvalue weighted by molar-refractivity contribution is 0.0925. The minimum Gasteiger partial charge on any atom is -0.493 e. The third kappa shape index (κ3) is 2.72. The van der Waals surface area contributed by atoms with Crippen LogP contribution >= 0.6 is 0 Å². The Hall–Kier alpha value is -2.80. The van der Waals surface area contributed by atoms with Gasteiger partial charge in [-0.1, -0.05) is 18.2 Å². The fraction of sp³-hybridized carbons (Fsp3) is 0.176. The van der Waals surface area contributed by atoms with Crippen molar-refractivity contribution in [2.75, 3.05) is 6.61 Å². The number of para-hydroxylation sites is 1. The fourth-order valence-corrected chi connectivity index (χ4v) is 2.43. The highest BCUT2D eigenvalue weighted by Crippen LogP contribution is 2.31. The second-order valence-electron chi connectivity index (χ2n) is 4.89. The van der Waals surface area contributed by atoms with Crippen LogP contribution in [-0.4, -0.2) is 12.5 Å².